The van der Waals surface area contributed by atoms with Gasteiger partial charge in [0.15, 0.2) is 0 Å². The number of halogens is 1. The fraction of sp³-hybridized carbons (Fsp3) is 0.625. The summed E-state index contributed by atoms with van der Waals surface area (Å²) >= 11 is 5.81. The van der Waals surface area contributed by atoms with Gasteiger partial charge in [-0.25, -0.2) is 9.78 Å². The van der Waals surface area contributed by atoms with Crippen molar-refractivity contribution < 1.29 is 9.53 Å². The second kappa shape index (κ2) is 6.65. The molecule has 1 aliphatic rings. The van der Waals surface area contributed by atoms with Gasteiger partial charge in [-0.3, -0.25) is 0 Å². The number of amides is 1. The first kappa shape index (κ1) is 16.1. The maximum absolute atomic E-state index is 12.0. The third-order valence-electron chi connectivity index (χ3n) is 3.67. The van der Waals surface area contributed by atoms with Crippen LogP contribution in [0.25, 0.3) is 0 Å². The van der Waals surface area contributed by atoms with Crippen LogP contribution in [0, 0.1) is 5.92 Å². The molecule has 21 heavy (non-hydrogen) atoms. The lowest BCUT2D eigenvalue weighted by Crippen LogP contribution is -2.46. The fourth-order valence-corrected chi connectivity index (χ4v) is 2.53. The van der Waals surface area contributed by atoms with E-state index >= 15 is 0 Å². The maximum Gasteiger partial charge on any atom is 0.407 e. The molecule has 1 unspecified atom stereocenters. The largest absolute Gasteiger partial charge is 0.444 e. The molecule has 4 nitrogen and oxygen atoms in total. The number of hydrogen-bond acceptors (Lipinski definition) is 3. The molecular weight excluding hydrogens is 288 g/mol. The van der Waals surface area contributed by atoms with Gasteiger partial charge in [0.2, 0.25) is 0 Å². The summed E-state index contributed by atoms with van der Waals surface area (Å²) in [5.74, 6) is 0.521. The van der Waals surface area contributed by atoms with Crippen LogP contribution in [-0.2, 0) is 11.2 Å². The van der Waals surface area contributed by atoms with Gasteiger partial charge in [-0.2, -0.15) is 0 Å². The normalized spacial score (nSPS) is 17.0. The monoisotopic (exact) mass is 310 g/mol. The Kier molecular flexibility index (Phi) is 5.09. The summed E-state index contributed by atoms with van der Waals surface area (Å²) in [5, 5.41) is 3.50. The Balaban J connectivity index is 1.98. The van der Waals surface area contributed by atoms with E-state index in [0.717, 1.165) is 24.8 Å². The van der Waals surface area contributed by atoms with E-state index in [1.807, 2.05) is 26.8 Å². The van der Waals surface area contributed by atoms with Crippen LogP contribution < -0.4 is 5.32 Å². The van der Waals surface area contributed by atoms with Crippen molar-refractivity contribution in [2.24, 2.45) is 5.92 Å². The number of carbonyl (C=O) groups is 1. The second-order valence-corrected chi connectivity index (χ2v) is 7.02. The van der Waals surface area contributed by atoms with Crippen molar-refractivity contribution in [2.75, 3.05) is 0 Å². The van der Waals surface area contributed by atoms with E-state index in [4.69, 9.17) is 16.3 Å². The van der Waals surface area contributed by atoms with E-state index in [0.29, 0.717) is 11.1 Å². The first-order chi connectivity index (χ1) is 9.83. The molecule has 116 valence electrons. The first-order valence-corrected chi connectivity index (χ1v) is 7.81. The summed E-state index contributed by atoms with van der Waals surface area (Å²) in [5.41, 5.74) is 0.600. The number of ether oxygens (including phenoxy) is 1. The molecule has 1 saturated carbocycles. The van der Waals surface area contributed by atoms with Gasteiger partial charge in [-0.05, 0) is 57.6 Å². The third-order valence-corrected chi connectivity index (χ3v) is 3.89. The predicted octanol–water partition coefficient (Wildman–Crippen LogP) is 3.97. The number of nitrogens with one attached hydrogen (secondary N) is 1. The highest BCUT2D eigenvalue weighted by Crippen LogP contribution is 2.31. The summed E-state index contributed by atoms with van der Waals surface area (Å²) in [4.78, 5) is 16.1. The minimum atomic E-state index is -0.476. The van der Waals surface area contributed by atoms with E-state index in [-0.39, 0.29) is 12.1 Å². The molecule has 1 amide bonds. The summed E-state index contributed by atoms with van der Waals surface area (Å²) in [6.07, 6.45) is 5.72. The number of hydrogen-bond donors (Lipinski definition) is 1. The summed E-state index contributed by atoms with van der Waals surface area (Å²) < 4.78 is 5.36. The lowest BCUT2D eigenvalue weighted by atomic mass is 9.78. The Bertz CT molecular complexity index is 478. The fourth-order valence-electron chi connectivity index (χ4n) is 2.42. The number of aromatic nitrogens is 1. The molecule has 0 bridgehead atoms. The lowest BCUT2D eigenvalue weighted by Gasteiger charge is -2.34. The molecule has 1 heterocycles. The summed E-state index contributed by atoms with van der Waals surface area (Å²) in [6.45, 7) is 5.61. The van der Waals surface area contributed by atoms with Crippen molar-refractivity contribution in [2.45, 2.75) is 58.1 Å². The van der Waals surface area contributed by atoms with Crippen molar-refractivity contribution in [3.8, 4) is 0 Å². The van der Waals surface area contributed by atoms with Crippen LogP contribution in [0.5, 0.6) is 0 Å². The van der Waals surface area contributed by atoms with Crippen molar-refractivity contribution in [3.05, 3.63) is 29.0 Å². The standard InChI is InChI=1S/C16H23ClN2O2/c1-16(2,3)21-15(20)19-13(12-5-4-6-12)9-11-7-8-14(17)18-10-11/h7-8,10,12-13H,4-6,9H2,1-3H3,(H,19,20). The molecule has 1 fully saturated rings. The van der Waals surface area contributed by atoms with Gasteiger partial charge in [0.05, 0.1) is 0 Å². The van der Waals surface area contributed by atoms with Crippen molar-refractivity contribution in [1.29, 1.82) is 0 Å². The maximum atomic E-state index is 12.0. The number of rotatable bonds is 4. The Hall–Kier alpha value is -1.29. The van der Waals surface area contributed by atoms with Gasteiger partial charge in [-0.1, -0.05) is 24.1 Å². The minimum absolute atomic E-state index is 0.0941. The number of nitrogens with zero attached hydrogens (tertiary/aromatic N) is 1. The van der Waals surface area contributed by atoms with Gasteiger partial charge in [0.25, 0.3) is 0 Å². The highest BCUT2D eigenvalue weighted by molar-refractivity contribution is 6.29. The molecule has 5 heteroatoms. The molecule has 2 rings (SSSR count). The molecule has 1 atom stereocenters. The molecule has 1 N–H and O–H groups in total. The second-order valence-electron chi connectivity index (χ2n) is 6.64. The molecule has 0 aromatic carbocycles. The van der Waals surface area contributed by atoms with Crippen molar-refractivity contribution in [1.82, 2.24) is 10.3 Å². The molecule has 1 aliphatic carbocycles. The van der Waals surface area contributed by atoms with Crippen LogP contribution >= 0.6 is 11.6 Å². The van der Waals surface area contributed by atoms with Gasteiger partial charge in [0, 0.05) is 12.2 Å². The Morgan fingerprint density at radius 2 is 2.19 bits per heavy atom. The van der Waals surface area contributed by atoms with Crippen molar-refractivity contribution >= 4 is 17.7 Å². The highest BCUT2D eigenvalue weighted by atomic mass is 35.5. The van der Waals surface area contributed by atoms with E-state index in [2.05, 4.69) is 10.3 Å². The van der Waals surface area contributed by atoms with Crippen LogP contribution in [0.1, 0.15) is 45.6 Å². The first-order valence-electron chi connectivity index (χ1n) is 7.43. The van der Waals surface area contributed by atoms with Gasteiger partial charge >= 0.3 is 6.09 Å². The zero-order valence-corrected chi connectivity index (χ0v) is 13.6. The highest BCUT2D eigenvalue weighted by Gasteiger charge is 2.30. The number of carbonyl (C=O) groups excluding carboxylic acids is 1. The van der Waals surface area contributed by atoms with Crippen LogP contribution in [0.2, 0.25) is 5.15 Å². The van der Waals surface area contributed by atoms with Crippen LogP contribution in [-0.4, -0.2) is 22.7 Å². The molecular formula is C16H23ClN2O2. The average molecular weight is 311 g/mol. The molecule has 1 aromatic rings. The minimum Gasteiger partial charge on any atom is -0.444 e. The Morgan fingerprint density at radius 1 is 1.48 bits per heavy atom. The molecule has 0 saturated heterocycles. The molecule has 0 aliphatic heterocycles. The Morgan fingerprint density at radius 3 is 2.67 bits per heavy atom. The molecule has 0 spiro atoms. The van der Waals surface area contributed by atoms with E-state index < -0.39 is 5.60 Å². The predicted molar refractivity (Wildman–Crippen MR) is 83.4 cm³/mol. The van der Waals surface area contributed by atoms with Crippen LogP contribution in [0.15, 0.2) is 18.3 Å². The van der Waals surface area contributed by atoms with Gasteiger partial charge < -0.3 is 10.1 Å². The SMILES string of the molecule is CC(C)(C)OC(=O)NC(Cc1ccc(Cl)nc1)C1CCC1. The number of pyridine rings is 1. The van der Waals surface area contributed by atoms with Gasteiger partial charge in [-0.15, -0.1) is 0 Å². The van der Waals surface area contributed by atoms with Crippen LogP contribution in [0.3, 0.4) is 0 Å². The third kappa shape index (κ3) is 5.20. The van der Waals surface area contributed by atoms with E-state index in [1.54, 1.807) is 12.3 Å². The van der Waals surface area contributed by atoms with Crippen molar-refractivity contribution in [3.63, 3.8) is 0 Å². The molecule has 0 radical (unpaired) electrons. The zero-order valence-electron chi connectivity index (χ0n) is 12.9. The smallest absolute Gasteiger partial charge is 0.407 e. The quantitative estimate of drug-likeness (QED) is 0.856. The van der Waals surface area contributed by atoms with Crippen LogP contribution in [0.4, 0.5) is 4.79 Å². The summed E-state index contributed by atoms with van der Waals surface area (Å²) in [6, 6.07) is 3.83. The van der Waals surface area contributed by atoms with Gasteiger partial charge in [0.1, 0.15) is 10.8 Å². The topological polar surface area (TPSA) is 51.2 Å². The Labute approximate surface area is 131 Å². The lowest BCUT2D eigenvalue weighted by molar-refractivity contribution is 0.0465. The molecule has 1 aromatic heterocycles. The number of alkyl carbamates (subject to hydrolysis) is 1. The average Bonchev–Trinajstić information content (AvgIpc) is 2.27. The van der Waals surface area contributed by atoms with E-state index in [1.165, 1.54) is 6.42 Å². The zero-order chi connectivity index (χ0) is 15.5. The van der Waals surface area contributed by atoms with E-state index in [9.17, 15) is 4.79 Å². The summed E-state index contributed by atoms with van der Waals surface area (Å²) in [7, 11) is 0.